The van der Waals surface area contributed by atoms with Gasteiger partial charge in [0, 0.05) is 42.0 Å². The van der Waals surface area contributed by atoms with Crippen LogP contribution in [0.3, 0.4) is 0 Å². The van der Waals surface area contributed by atoms with Crippen LogP contribution in [0.15, 0.2) is 42.6 Å². The summed E-state index contributed by atoms with van der Waals surface area (Å²) in [7, 11) is 1.92. The minimum absolute atomic E-state index is 0.248. The van der Waals surface area contributed by atoms with Crippen molar-refractivity contribution in [3.63, 3.8) is 0 Å². The average Bonchev–Trinajstić information content (AvgIpc) is 2.50. The maximum absolute atomic E-state index is 14.0. The zero-order valence-electron chi connectivity index (χ0n) is 12.0. The molecule has 2 aromatic rings. The molecule has 0 aliphatic heterocycles. The lowest BCUT2D eigenvalue weighted by Gasteiger charge is -2.28. The van der Waals surface area contributed by atoms with Gasteiger partial charge in [0.05, 0.1) is 6.04 Å². The normalized spacial score (nSPS) is 12.6. The summed E-state index contributed by atoms with van der Waals surface area (Å²) in [4.78, 5) is 6.30. The van der Waals surface area contributed by atoms with Gasteiger partial charge in [0.15, 0.2) is 0 Å². The predicted octanol–water partition coefficient (Wildman–Crippen LogP) is 3.05. The fourth-order valence-electron chi connectivity index (χ4n) is 2.34. The molecule has 1 unspecified atom stereocenters. The number of hydrogen-bond donors (Lipinski definition) is 1. The van der Waals surface area contributed by atoms with E-state index in [1.807, 2.05) is 30.1 Å². The highest BCUT2D eigenvalue weighted by atomic mass is 35.5. The van der Waals surface area contributed by atoms with Crippen molar-refractivity contribution in [1.82, 2.24) is 9.88 Å². The third-order valence-corrected chi connectivity index (χ3v) is 3.86. The van der Waals surface area contributed by atoms with E-state index in [-0.39, 0.29) is 11.9 Å². The molecule has 21 heavy (non-hydrogen) atoms. The third kappa shape index (κ3) is 4.00. The van der Waals surface area contributed by atoms with Crippen molar-refractivity contribution in [3.8, 4) is 0 Å². The Kier molecular flexibility index (Phi) is 5.67. The lowest BCUT2D eigenvalue weighted by atomic mass is 10.0. The van der Waals surface area contributed by atoms with Gasteiger partial charge in [0.2, 0.25) is 0 Å². The van der Waals surface area contributed by atoms with Gasteiger partial charge in [-0.05, 0) is 31.3 Å². The van der Waals surface area contributed by atoms with Crippen molar-refractivity contribution in [2.24, 2.45) is 5.73 Å². The van der Waals surface area contributed by atoms with Gasteiger partial charge in [-0.2, -0.15) is 0 Å². The van der Waals surface area contributed by atoms with Crippen LogP contribution in [0, 0.1) is 5.82 Å². The molecular formula is C16H19ClFN3. The van der Waals surface area contributed by atoms with Crippen molar-refractivity contribution < 1.29 is 4.39 Å². The second kappa shape index (κ2) is 7.50. The molecule has 1 aromatic carbocycles. The predicted molar refractivity (Wildman–Crippen MR) is 83.8 cm³/mol. The largest absolute Gasteiger partial charge is 0.329 e. The Hall–Kier alpha value is -1.49. The highest BCUT2D eigenvalue weighted by Crippen LogP contribution is 2.28. The van der Waals surface area contributed by atoms with Crippen LogP contribution in [0.1, 0.15) is 17.3 Å². The lowest BCUT2D eigenvalue weighted by Crippen LogP contribution is -2.33. The van der Waals surface area contributed by atoms with Crippen LogP contribution in [0.2, 0.25) is 5.02 Å². The number of benzene rings is 1. The van der Waals surface area contributed by atoms with Gasteiger partial charge in [-0.25, -0.2) is 4.39 Å². The van der Waals surface area contributed by atoms with Crippen LogP contribution in [-0.4, -0.2) is 30.0 Å². The lowest BCUT2D eigenvalue weighted by molar-refractivity contribution is 0.247. The molecule has 2 rings (SSSR count). The smallest absolute Gasteiger partial charge is 0.129 e. The van der Waals surface area contributed by atoms with E-state index in [0.29, 0.717) is 17.1 Å². The summed E-state index contributed by atoms with van der Waals surface area (Å²) in [5.41, 5.74) is 7.29. The average molecular weight is 308 g/mol. The van der Waals surface area contributed by atoms with Crippen LogP contribution >= 0.6 is 11.6 Å². The summed E-state index contributed by atoms with van der Waals surface area (Å²) in [6.07, 6.45) is 2.55. The highest BCUT2D eigenvalue weighted by Gasteiger charge is 2.21. The first-order chi connectivity index (χ1) is 10.1. The van der Waals surface area contributed by atoms with Gasteiger partial charge < -0.3 is 5.73 Å². The minimum Gasteiger partial charge on any atom is -0.329 e. The van der Waals surface area contributed by atoms with Crippen molar-refractivity contribution >= 4 is 11.6 Å². The highest BCUT2D eigenvalue weighted by molar-refractivity contribution is 6.31. The number of halogens is 2. The Balaban J connectivity index is 2.10. The Labute approximate surface area is 129 Å². The molecule has 1 heterocycles. The second-order valence-electron chi connectivity index (χ2n) is 4.94. The first kappa shape index (κ1) is 15.9. The standard InChI is InChI=1S/C16H19ClFN3/c1-21(10-8-12-5-2-3-9-20-12)15(11-19)16-13(17)6-4-7-14(16)18/h2-7,9,15H,8,10-11,19H2,1H3. The molecule has 0 saturated heterocycles. The molecule has 2 N–H and O–H groups in total. The summed E-state index contributed by atoms with van der Waals surface area (Å²) >= 11 is 6.13. The summed E-state index contributed by atoms with van der Waals surface area (Å²) in [6.45, 7) is 1.03. The van der Waals surface area contributed by atoms with E-state index in [1.165, 1.54) is 6.07 Å². The number of nitrogens with two attached hydrogens (primary N) is 1. The molecule has 112 valence electrons. The maximum atomic E-state index is 14.0. The van der Waals surface area contributed by atoms with E-state index in [4.69, 9.17) is 17.3 Å². The second-order valence-corrected chi connectivity index (χ2v) is 5.35. The molecule has 1 atom stereocenters. The molecule has 0 radical (unpaired) electrons. The fourth-order valence-corrected chi connectivity index (χ4v) is 2.63. The summed E-state index contributed by atoms with van der Waals surface area (Å²) in [6, 6.07) is 10.3. The molecule has 0 aliphatic carbocycles. The van der Waals surface area contributed by atoms with E-state index in [2.05, 4.69) is 4.98 Å². The van der Waals surface area contributed by atoms with Crippen LogP contribution < -0.4 is 5.73 Å². The molecule has 3 nitrogen and oxygen atoms in total. The van der Waals surface area contributed by atoms with E-state index in [9.17, 15) is 4.39 Å². The van der Waals surface area contributed by atoms with Crippen molar-refractivity contribution in [2.75, 3.05) is 20.1 Å². The number of likely N-dealkylation sites (N-methyl/N-ethyl adjacent to an activating group) is 1. The molecule has 0 saturated carbocycles. The van der Waals surface area contributed by atoms with Crippen molar-refractivity contribution in [2.45, 2.75) is 12.5 Å². The monoisotopic (exact) mass is 307 g/mol. The van der Waals surface area contributed by atoms with Gasteiger partial charge in [0.1, 0.15) is 5.82 Å². The number of nitrogens with zero attached hydrogens (tertiary/aromatic N) is 2. The maximum Gasteiger partial charge on any atom is 0.129 e. The molecule has 0 amide bonds. The van der Waals surface area contributed by atoms with Crippen LogP contribution in [0.5, 0.6) is 0 Å². The van der Waals surface area contributed by atoms with Crippen molar-refractivity contribution in [3.05, 3.63) is 64.7 Å². The zero-order valence-corrected chi connectivity index (χ0v) is 12.7. The number of rotatable bonds is 6. The Morgan fingerprint density at radius 1 is 1.29 bits per heavy atom. The topological polar surface area (TPSA) is 42.2 Å². The van der Waals surface area contributed by atoms with Gasteiger partial charge in [-0.1, -0.05) is 23.7 Å². The first-order valence-corrected chi connectivity index (χ1v) is 7.25. The quantitative estimate of drug-likeness (QED) is 0.892. The fraction of sp³-hybridized carbons (Fsp3) is 0.312. The summed E-state index contributed by atoms with van der Waals surface area (Å²) in [5.74, 6) is -0.317. The molecule has 1 aromatic heterocycles. The molecule has 0 bridgehead atoms. The van der Waals surface area contributed by atoms with Crippen LogP contribution in [-0.2, 0) is 6.42 Å². The third-order valence-electron chi connectivity index (χ3n) is 3.54. The van der Waals surface area contributed by atoms with Gasteiger partial charge in [0.25, 0.3) is 0 Å². The number of hydrogen-bond acceptors (Lipinski definition) is 3. The number of aromatic nitrogens is 1. The number of pyridine rings is 1. The molecule has 0 aliphatic rings. The summed E-state index contributed by atoms with van der Waals surface area (Å²) < 4.78 is 14.0. The van der Waals surface area contributed by atoms with E-state index < -0.39 is 0 Å². The Bertz CT molecular complexity index is 557. The van der Waals surface area contributed by atoms with E-state index in [0.717, 1.165) is 18.7 Å². The first-order valence-electron chi connectivity index (χ1n) is 6.87. The van der Waals surface area contributed by atoms with E-state index >= 15 is 0 Å². The van der Waals surface area contributed by atoms with Gasteiger partial charge in [-0.15, -0.1) is 0 Å². The molecule has 0 spiro atoms. The van der Waals surface area contributed by atoms with Gasteiger partial charge in [-0.3, -0.25) is 9.88 Å². The minimum atomic E-state index is -0.317. The Morgan fingerprint density at radius 2 is 2.10 bits per heavy atom. The van der Waals surface area contributed by atoms with Crippen LogP contribution in [0.25, 0.3) is 0 Å². The Morgan fingerprint density at radius 3 is 2.71 bits per heavy atom. The van der Waals surface area contributed by atoms with Crippen LogP contribution in [0.4, 0.5) is 4.39 Å². The summed E-state index contributed by atoms with van der Waals surface area (Å²) in [5, 5.41) is 0.412. The van der Waals surface area contributed by atoms with Crippen molar-refractivity contribution in [1.29, 1.82) is 0 Å². The molecule has 5 heteroatoms. The zero-order chi connectivity index (χ0) is 15.2. The molecular weight excluding hydrogens is 289 g/mol. The van der Waals surface area contributed by atoms with Gasteiger partial charge >= 0.3 is 0 Å². The molecule has 0 fully saturated rings. The SMILES string of the molecule is CN(CCc1ccccn1)C(CN)c1c(F)cccc1Cl. The van der Waals surface area contributed by atoms with E-state index in [1.54, 1.807) is 18.3 Å².